The summed E-state index contributed by atoms with van der Waals surface area (Å²) in [6.45, 7) is 4.42. The van der Waals surface area contributed by atoms with Crippen molar-refractivity contribution in [2.45, 2.75) is 49.7 Å². The highest BCUT2D eigenvalue weighted by Crippen LogP contribution is 2.35. The van der Waals surface area contributed by atoms with Crippen molar-refractivity contribution < 1.29 is 4.79 Å². The van der Waals surface area contributed by atoms with Crippen LogP contribution in [0.4, 0.5) is 10.8 Å². The Morgan fingerprint density at radius 3 is 2.82 bits per heavy atom. The van der Waals surface area contributed by atoms with Crippen molar-refractivity contribution in [3.63, 3.8) is 0 Å². The predicted molar refractivity (Wildman–Crippen MR) is 135 cm³/mol. The third-order valence-corrected chi connectivity index (χ3v) is 7.59. The molecule has 174 valence electrons. The van der Waals surface area contributed by atoms with Gasteiger partial charge < -0.3 is 4.90 Å². The van der Waals surface area contributed by atoms with Gasteiger partial charge in [-0.1, -0.05) is 60.6 Å². The van der Waals surface area contributed by atoms with E-state index >= 15 is 0 Å². The molecule has 10 heteroatoms. The fraction of sp³-hybridized carbons (Fsp3) is 0.435. The summed E-state index contributed by atoms with van der Waals surface area (Å²) in [5.74, 6) is 1.32. The van der Waals surface area contributed by atoms with E-state index in [0.717, 1.165) is 34.9 Å². The standard InChI is InChI=1S/C23H29N7OS2/c1-4-13-30-20(17-11-8-12-18(14-17)29(2)3)25-28-23(30)32-15-19(31)24-22-27-26-21(33-22)16-9-6-5-7-10-16/h4,8,11-12,14,16H,1,5-7,9-10,13,15H2,2-3H3,(H,24,27,31). The number of thioether (sulfide) groups is 1. The second-order valence-corrected chi connectivity index (χ2v) is 10.2. The molecule has 0 radical (unpaired) electrons. The maximum atomic E-state index is 12.6. The summed E-state index contributed by atoms with van der Waals surface area (Å²) in [4.78, 5) is 14.6. The molecule has 1 saturated carbocycles. The van der Waals surface area contributed by atoms with Crippen molar-refractivity contribution in [3.05, 3.63) is 41.9 Å². The largest absolute Gasteiger partial charge is 0.378 e. The second-order valence-electron chi connectivity index (χ2n) is 8.27. The van der Waals surface area contributed by atoms with Crippen LogP contribution in [0.5, 0.6) is 0 Å². The zero-order valence-electron chi connectivity index (χ0n) is 19.0. The third-order valence-electron chi connectivity index (χ3n) is 5.62. The molecule has 1 aromatic carbocycles. The molecule has 0 bridgehead atoms. The van der Waals surface area contributed by atoms with Crippen LogP contribution < -0.4 is 10.2 Å². The molecule has 4 rings (SSSR count). The van der Waals surface area contributed by atoms with Crippen LogP contribution in [-0.4, -0.2) is 50.7 Å². The Morgan fingerprint density at radius 1 is 1.24 bits per heavy atom. The van der Waals surface area contributed by atoms with Crippen LogP contribution >= 0.6 is 23.1 Å². The van der Waals surface area contributed by atoms with Crippen LogP contribution in [0.2, 0.25) is 0 Å². The van der Waals surface area contributed by atoms with Crippen molar-refractivity contribution in [1.29, 1.82) is 0 Å². The van der Waals surface area contributed by atoms with Crippen molar-refractivity contribution in [2.24, 2.45) is 0 Å². The molecule has 1 N–H and O–H groups in total. The van der Waals surface area contributed by atoms with Gasteiger partial charge >= 0.3 is 0 Å². The molecule has 0 unspecified atom stereocenters. The van der Waals surface area contributed by atoms with Gasteiger partial charge in [0.2, 0.25) is 11.0 Å². The number of nitrogens with zero attached hydrogens (tertiary/aromatic N) is 6. The monoisotopic (exact) mass is 483 g/mol. The lowest BCUT2D eigenvalue weighted by Crippen LogP contribution is -2.14. The Labute approximate surface area is 202 Å². The number of allylic oxidation sites excluding steroid dienone is 1. The minimum Gasteiger partial charge on any atom is -0.378 e. The van der Waals surface area contributed by atoms with E-state index in [1.54, 1.807) is 6.08 Å². The molecular weight excluding hydrogens is 454 g/mol. The number of aromatic nitrogens is 5. The van der Waals surface area contributed by atoms with Gasteiger partial charge in [-0.25, -0.2) is 0 Å². The molecule has 0 spiro atoms. The number of rotatable bonds is 9. The minimum atomic E-state index is -0.129. The fourth-order valence-electron chi connectivity index (χ4n) is 3.91. The number of carbonyl (C=O) groups excluding carboxylic acids is 1. The molecule has 3 aromatic rings. The van der Waals surface area contributed by atoms with Crippen LogP contribution in [0.3, 0.4) is 0 Å². The molecule has 2 aromatic heterocycles. The van der Waals surface area contributed by atoms with Crippen LogP contribution in [-0.2, 0) is 11.3 Å². The van der Waals surface area contributed by atoms with Gasteiger partial charge in [-0.3, -0.25) is 14.7 Å². The number of hydrogen-bond acceptors (Lipinski definition) is 8. The summed E-state index contributed by atoms with van der Waals surface area (Å²) in [7, 11) is 4.01. The Hall–Kier alpha value is -2.72. The van der Waals surface area contributed by atoms with Gasteiger partial charge in [0.1, 0.15) is 5.01 Å². The van der Waals surface area contributed by atoms with Crippen molar-refractivity contribution in [1.82, 2.24) is 25.0 Å². The highest BCUT2D eigenvalue weighted by molar-refractivity contribution is 7.99. The van der Waals surface area contributed by atoms with E-state index < -0.39 is 0 Å². The number of anilines is 2. The average Bonchev–Trinajstić information content (AvgIpc) is 3.46. The first-order valence-corrected chi connectivity index (χ1v) is 12.9. The topological polar surface area (TPSA) is 88.8 Å². The van der Waals surface area contributed by atoms with Gasteiger partial charge in [0.25, 0.3) is 0 Å². The van der Waals surface area contributed by atoms with Crippen LogP contribution in [0, 0.1) is 0 Å². The normalized spacial score (nSPS) is 14.2. The molecule has 2 heterocycles. The zero-order valence-corrected chi connectivity index (χ0v) is 20.7. The molecular formula is C23H29N7OS2. The number of hydrogen-bond donors (Lipinski definition) is 1. The summed E-state index contributed by atoms with van der Waals surface area (Å²) in [5.41, 5.74) is 2.05. The van der Waals surface area contributed by atoms with E-state index in [9.17, 15) is 4.79 Å². The highest BCUT2D eigenvalue weighted by atomic mass is 32.2. The molecule has 33 heavy (non-hydrogen) atoms. The lowest BCUT2D eigenvalue weighted by molar-refractivity contribution is -0.113. The van der Waals surface area contributed by atoms with Gasteiger partial charge in [-0.2, -0.15) is 0 Å². The number of amides is 1. The van der Waals surface area contributed by atoms with Crippen LogP contribution in [0.25, 0.3) is 11.4 Å². The molecule has 0 saturated heterocycles. The third kappa shape index (κ3) is 5.80. The first-order valence-electron chi connectivity index (χ1n) is 11.1. The van der Waals surface area contributed by atoms with Gasteiger partial charge in [0.15, 0.2) is 11.0 Å². The summed E-state index contributed by atoms with van der Waals surface area (Å²) in [6.07, 6.45) is 7.93. The van der Waals surface area contributed by atoms with Gasteiger partial charge in [-0.15, -0.1) is 27.0 Å². The molecule has 0 atom stereocenters. The van der Waals surface area contributed by atoms with Crippen LogP contribution in [0.1, 0.15) is 43.0 Å². The van der Waals surface area contributed by atoms with Crippen LogP contribution in [0.15, 0.2) is 42.1 Å². The summed E-state index contributed by atoms with van der Waals surface area (Å²) in [6, 6.07) is 8.13. The van der Waals surface area contributed by atoms with E-state index in [1.165, 1.54) is 42.4 Å². The minimum absolute atomic E-state index is 0.129. The van der Waals surface area contributed by atoms with Gasteiger partial charge in [0.05, 0.1) is 5.75 Å². The number of carbonyl (C=O) groups is 1. The molecule has 1 aliphatic rings. The van der Waals surface area contributed by atoms with E-state index in [1.807, 2.05) is 41.8 Å². The molecule has 1 aliphatic carbocycles. The summed E-state index contributed by atoms with van der Waals surface area (Å²) < 4.78 is 1.98. The van der Waals surface area contributed by atoms with E-state index in [0.29, 0.717) is 22.8 Å². The maximum absolute atomic E-state index is 12.6. The predicted octanol–water partition coefficient (Wildman–Crippen LogP) is 4.83. The number of nitrogens with one attached hydrogen (secondary N) is 1. The highest BCUT2D eigenvalue weighted by Gasteiger charge is 2.21. The van der Waals surface area contributed by atoms with Crippen molar-refractivity contribution in [3.8, 4) is 11.4 Å². The van der Waals surface area contributed by atoms with Gasteiger partial charge in [0, 0.05) is 37.8 Å². The maximum Gasteiger partial charge on any atom is 0.236 e. The summed E-state index contributed by atoms with van der Waals surface area (Å²) >= 11 is 2.84. The summed E-state index contributed by atoms with van der Waals surface area (Å²) in [5, 5.41) is 22.4. The Morgan fingerprint density at radius 2 is 2.06 bits per heavy atom. The van der Waals surface area contributed by atoms with E-state index in [4.69, 9.17) is 0 Å². The van der Waals surface area contributed by atoms with Crippen molar-refractivity contribution >= 4 is 39.8 Å². The lowest BCUT2D eigenvalue weighted by atomic mass is 9.90. The number of benzene rings is 1. The SMILES string of the molecule is C=CCn1c(SCC(=O)Nc2nnc(C3CCCCC3)s2)nnc1-c1cccc(N(C)C)c1. The molecule has 0 aliphatic heterocycles. The smallest absolute Gasteiger partial charge is 0.236 e. The average molecular weight is 484 g/mol. The zero-order chi connectivity index (χ0) is 23.2. The fourth-order valence-corrected chi connectivity index (χ4v) is 5.59. The second kappa shape index (κ2) is 10.9. The van der Waals surface area contributed by atoms with E-state index in [2.05, 4.69) is 38.4 Å². The van der Waals surface area contributed by atoms with Gasteiger partial charge in [-0.05, 0) is 25.0 Å². The van der Waals surface area contributed by atoms with Crippen molar-refractivity contribution in [2.75, 3.05) is 30.1 Å². The first-order chi connectivity index (χ1) is 16.0. The Kier molecular flexibility index (Phi) is 7.77. The molecule has 8 nitrogen and oxygen atoms in total. The molecule has 1 fully saturated rings. The Balaban J connectivity index is 1.41. The quantitative estimate of drug-likeness (QED) is 0.344. The first kappa shape index (κ1) is 23.4. The molecule has 1 amide bonds. The lowest BCUT2D eigenvalue weighted by Gasteiger charge is -2.18. The van der Waals surface area contributed by atoms with E-state index in [-0.39, 0.29) is 11.7 Å². The Bertz CT molecular complexity index is 1100.